The zero-order chi connectivity index (χ0) is 28.7. The van der Waals surface area contributed by atoms with Crippen molar-refractivity contribution in [2.24, 2.45) is 17.8 Å². The first-order chi connectivity index (χ1) is 19.8. The Labute approximate surface area is 244 Å². The number of anilines is 1. The fourth-order valence-electron chi connectivity index (χ4n) is 6.72. The van der Waals surface area contributed by atoms with Crippen LogP contribution >= 0.6 is 11.3 Å². The number of aliphatic carboxylic acids is 1. The molecule has 1 aliphatic carbocycles. The first-order valence-corrected chi connectivity index (χ1v) is 15.3. The lowest BCUT2D eigenvalue weighted by Gasteiger charge is -2.35. The summed E-state index contributed by atoms with van der Waals surface area (Å²) in [6, 6.07) is 12.0. The summed E-state index contributed by atoms with van der Waals surface area (Å²) in [6.07, 6.45) is 2.95. The number of amides is 1. The Hall–Kier alpha value is -3.43. The monoisotopic (exact) mass is 575 g/mol. The highest BCUT2D eigenvalue weighted by Gasteiger charge is 2.46. The van der Waals surface area contributed by atoms with E-state index >= 15 is 0 Å². The summed E-state index contributed by atoms with van der Waals surface area (Å²) in [7, 11) is 1.69. The minimum Gasteiger partial charge on any atom is -0.488 e. The molecule has 1 unspecified atom stereocenters. The van der Waals surface area contributed by atoms with Crippen LogP contribution in [-0.4, -0.2) is 66.3 Å². The second-order valence-electron chi connectivity index (χ2n) is 11.7. The van der Waals surface area contributed by atoms with Crippen molar-refractivity contribution in [2.75, 3.05) is 38.2 Å². The average molecular weight is 576 g/mol. The van der Waals surface area contributed by atoms with E-state index in [4.69, 9.17) is 14.5 Å². The molecule has 4 atom stereocenters. The van der Waals surface area contributed by atoms with Gasteiger partial charge in [0.2, 0.25) is 0 Å². The van der Waals surface area contributed by atoms with Crippen molar-refractivity contribution in [3.8, 4) is 17.0 Å². The minimum absolute atomic E-state index is 0.0421. The molecule has 1 amide bonds. The third-order valence-corrected chi connectivity index (χ3v) is 9.93. The summed E-state index contributed by atoms with van der Waals surface area (Å²) >= 11 is 1.61. The summed E-state index contributed by atoms with van der Waals surface area (Å²) < 4.78 is 11.8. The number of aryl methyl sites for hydroxylation is 2. The highest BCUT2D eigenvalue weighted by molar-refractivity contribution is 7.14. The van der Waals surface area contributed by atoms with Crippen molar-refractivity contribution in [3.05, 3.63) is 64.0 Å². The minimum atomic E-state index is -0.651. The van der Waals surface area contributed by atoms with Gasteiger partial charge in [-0.2, -0.15) is 0 Å². The smallest absolute Gasteiger partial charge is 0.307 e. The summed E-state index contributed by atoms with van der Waals surface area (Å²) in [4.78, 5) is 33.9. The number of aromatic nitrogens is 1. The van der Waals surface area contributed by atoms with Crippen LogP contribution < -0.4 is 9.64 Å². The summed E-state index contributed by atoms with van der Waals surface area (Å²) in [5, 5.41) is 12.7. The molecular formula is C32H37N3O5S. The molecule has 2 aliphatic heterocycles. The number of carboxylic acids is 1. The number of likely N-dealkylation sites (tertiary alicyclic amines) is 1. The second kappa shape index (κ2) is 11.4. The number of piperidine rings is 1. The molecule has 2 bridgehead atoms. The maximum Gasteiger partial charge on any atom is 0.307 e. The molecule has 41 heavy (non-hydrogen) atoms. The molecule has 0 radical (unpaired) electrons. The number of methoxy groups -OCH3 is 1. The molecule has 1 N–H and O–H groups in total. The maximum absolute atomic E-state index is 13.0. The van der Waals surface area contributed by atoms with Crippen LogP contribution in [0.1, 0.15) is 46.3 Å². The Morgan fingerprint density at radius 1 is 1.05 bits per heavy atom. The topological polar surface area (TPSA) is 92.2 Å². The van der Waals surface area contributed by atoms with Crippen molar-refractivity contribution < 1.29 is 24.2 Å². The van der Waals surface area contributed by atoms with Crippen molar-refractivity contribution in [2.45, 2.75) is 45.8 Å². The van der Waals surface area contributed by atoms with Crippen molar-refractivity contribution in [1.82, 2.24) is 9.88 Å². The summed E-state index contributed by atoms with van der Waals surface area (Å²) in [5.41, 5.74) is 5.67. The number of hydrogen-bond acceptors (Lipinski definition) is 7. The third kappa shape index (κ3) is 5.57. The van der Waals surface area contributed by atoms with E-state index in [9.17, 15) is 14.7 Å². The van der Waals surface area contributed by atoms with E-state index in [0.29, 0.717) is 18.7 Å². The Kier molecular flexibility index (Phi) is 7.74. The largest absolute Gasteiger partial charge is 0.488 e. The lowest BCUT2D eigenvalue weighted by Crippen LogP contribution is -2.44. The van der Waals surface area contributed by atoms with Gasteiger partial charge >= 0.3 is 5.97 Å². The predicted molar refractivity (Wildman–Crippen MR) is 159 cm³/mol. The molecule has 3 aliphatic rings. The standard InChI is InChI=1S/C32H37N3O5S/c1-19-4-9-28(40-17-24-8-5-21(13-20(24)2)30(36)34-11-10-25(16-34)39-3)26(12-19)27-18-41-32(33-27)35-14-22-6-7-23(15-35)29(22)31(37)38/h4-5,8-9,12-13,18,22-23,25,29H,6-7,10-11,14-17H2,1-3H3,(H,37,38)/t22-,23+,25-,29?/m0/s1. The molecule has 2 aromatic carbocycles. The Morgan fingerprint density at radius 3 is 2.51 bits per heavy atom. The normalized spacial score (nSPS) is 23.7. The first kappa shape index (κ1) is 27.7. The van der Waals surface area contributed by atoms with Crippen molar-refractivity contribution in [3.63, 3.8) is 0 Å². The quantitative estimate of drug-likeness (QED) is 0.384. The average Bonchev–Trinajstić information content (AvgIpc) is 3.70. The number of carbonyl (C=O) groups is 2. The van der Waals surface area contributed by atoms with Gasteiger partial charge in [-0.05, 0) is 80.3 Å². The van der Waals surface area contributed by atoms with E-state index < -0.39 is 5.97 Å². The number of thiazole rings is 1. The molecular weight excluding hydrogens is 538 g/mol. The van der Waals surface area contributed by atoms with E-state index in [1.54, 1.807) is 18.4 Å². The molecule has 3 aromatic rings. The van der Waals surface area contributed by atoms with Crippen LogP contribution in [0, 0.1) is 31.6 Å². The summed E-state index contributed by atoms with van der Waals surface area (Å²) in [5.74, 6) is 0.320. The van der Waals surface area contributed by atoms with Gasteiger partial charge in [0.15, 0.2) is 5.13 Å². The number of carboxylic acid groups (broad SMARTS) is 1. The van der Waals surface area contributed by atoms with Crippen LogP contribution in [0.5, 0.6) is 5.75 Å². The lowest BCUT2D eigenvalue weighted by atomic mass is 9.85. The maximum atomic E-state index is 13.0. The predicted octanol–water partition coefficient (Wildman–Crippen LogP) is 5.41. The molecule has 3 heterocycles. The molecule has 6 rings (SSSR count). The number of hydrogen-bond donors (Lipinski definition) is 1. The number of ether oxygens (including phenoxy) is 2. The molecule has 8 nitrogen and oxygen atoms in total. The number of rotatable bonds is 8. The zero-order valence-electron chi connectivity index (χ0n) is 23.8. The molecule has 0 spiro atoms. The number of fused-ring (bicyclic) bond motifs is 2. The zero-order valence-corrected chi connectivity index (χ0v) is 24.7. The van der Waals surface area contributed by atoms with Crippen LogP contribution in [-0.2, 0) is 16.1 Å². The fourth-order valence-corrected chi connectivity index (χ4v) is 7.56. The van der Waals surface area contributed by atoms with Crippen LogP contribution in [0.25, 0.3) is 11.3 Å². The summed E-state index contributed by atoms with van der Waals surface area (Å²) in [6.45, 7) is 7.31. The second-order valence-corrected chi connectivity index (χ2v) is 12.5. The van der Waals surface area contributed by atoms with E-state index in [-0.39, 0.29) is 29.8 Å². The SMILES string of the molecule is CO[C@H]1CCN(C(=O)c2ccc(COc3ccc(C)cc3-c3csc(N4C[C@H]5CC[C@@H](C4)C5C(=O)O)n3)c(C)c2)C1. The molecule has 1 aromatic heterocycles. The van der Waals surface area contributed by atoms with E-state index in [1.165, 1.54) is 0 Å². The molecule has 3 fully saturated rings. The van der Waals surface area contributed by atoms with Crippen molar-refractivity contribution in [1.29, 1.82) is 0 Å². The molecule has 1 saturated carbocycles. The number of carbonyl (C=O) groups excluding carboxylic acids is 1. The third-order valence-electron chi connectivity index (χ3n) is 9.03. The van der Waals surface area contributed by atoms with Gasteiger partial charge in [-0.3, -0.25) is 9.59 Å². The number of benzene rings is 2. The van der Waals surface area contributed by atoms with Crippen LogP contribution in [0.15, 0.2) is 41.8 Å². The molecule has 2 saturated heterocycles. The van der Waals surface area contributed by atoms with Crippen LogP contribution in [0.2, 0.25) is 0 Å². The fraction of sp³-hybridized carbons (Fsp3) is 0.469. The van der Waals surface area contributed by atoms with Gasteiger partial charge in [-0.1, -0.05) is 17.7 Å². The molecule has 216 valence electrons. The molecule has 9 heteroatoms. The van der Waals surface area contributed by atoms with E-state index in [0.717, 1.165) is 77.7 Å². The van der Waals surface area contributed by atoms with Gasteiger partial charge < -0.3 is 24.4 Å². The highest BCUT2D eigenvalue weighted by Crippen LogP contribution is 2.44. The van der Waals surface area contributed by atoms with Gasteiger partial charge in [-0.15, -0.1) is 11.3 Å². The van der Waals surface area contributed by atoms with E-state index in [2.05, 4.69) is 23.3 Å². The highest BCUT2D eigenvalue weighted by atomic mass is 32.1. The Balaban J connectivity index is 1.15. The van der Waals surface area contributed by atoms with Gasteiger partial charge in [0.25, 0.3) is 5.91 Å². The van der Waals surface area contributed by atoms with E-state index in [1.807, 2.05) is 42.2 Å². The van der Waals surface area contributed by atoms with Gasteiger partial charge in [0, 0.05) is 49.8 Å². The van der Waals surface area contributed by atoms with Gasteiger partial charge in [0.05, 0.1) is 17.7 Å². The first-order valence-electron chi connectivity index (χ1n) is 14.4. The van der Waals surface area contributed by atoms with Gasteiger partial charge in [-0.25, -0.2) is 4.98 Å². The lowest BCUT2D eigenvalue weighted by molar-refractivity contribution is -0.144. The van der Waals surface area contributed by atoms with Crippen LogP contribution in [0.3, 0.4) is 0 Å². The Bertz CT molecular complexity index is 1440. The van der Waals surface area contributed by atoms with Crippen molar-refractivity contribution >= 4 is 28.3 Å². The van der Waals surface area contributed by atoms with Crippen LogP contribution in [0.4, 0.5) is 5.13 Å². The number of nitrogens with zero attached hydrogens (tertiary/aromatic N) is 3. The van der Waals surface area contributed by atoms with Gasteiger partial charge in [0.1, 0.15) is 12.4 Å². The Morgan fingerprint density at radius 2 is 1.83 bits per heavy atom.